The summed E-state index contributed by atoms with van der Waals surface area (Å²) in [5.41, 5.74) is 1.48. The van der Waals surface area contributed by atoms with Crippen LogP contribution in [0.3, 0.4) is 0 Å². The molecule has 1 aromatic carbocycles. The number of nitrogens with zero attached hydrogens (tertiary/aromatic N) is 1. The number of aliphatic hydroxyl groups is 1. The molecular weight excluding hydrogens is 178 g/mol. The Hall–Kier alpha value is -1.53. The van der Waals surface area contributed by atoms with Crippen LogP contribution in [-0.2, 0) is 6.42 Å². The molecule has 74 valence electrons. The second kappa shape index (κ2) is 4.64. The number of benzene rings is 1. The van der Waals surface area contributed by atoms with E-state index in [0.717, 1.165) is 5.56 Å². The number of ether oxygens (including phenoxy) is 1. The molecule has 3 heteroatoms. The Labute approximate surface area is 83.6 Å². The molecule has 0 saturated heterocycles. The maximum Gasteiger partial charge on any atom is 0.136 e. The predicted octanol–water partition coefficient (Wildman–Crippen LogP) is 1.49. The lowest BCUT2D eigenvalue weighted by Gasteiger charge is -2.07. The largest absolute Gasteiger partial charge is 0.495 e. The van der Waals surface area contributed by atoms with Crippen molar-refractivity contribution in [1.29, 1.82) is 5.26 Å². The summed E-state index contributed by atoms with van der Waals surface area (Å²) in [5, 5.41) is 17.9. The molecule has 0 spiro atoms. The van der Waals surface area contributed by atoms with Gasteiger partial charge in [-0.2, -0.15) is 5.26 Å². The first-order valence-corrected chi connectivity index (χ1v) is 4.42. The van der Waals surface area contributed by atoms with Gasteiger partial charge >= 0.3 is 0 Å². The monoisotopic (exact) mass is 191 g/mol. The molecule has 1 N–H and O–H groups in total. The molecule has 1 unspecified atom stereocenters. The van der Waals surface area contributed by atoms with Crippen LogP contribution in [0.5, 0.6) is 5.75 Å². The van der Waals surface area contributed by atoms with Crippen LogP contribution in [0.15, 0.2) is 18.2 Å². The summed E-state index contributed by atoms with van der Waals surface area (Å²) in [6.07, 6.45) is 0.190. The summed E-state index contributed by atoms with van der Waals surface area (Å²) in [6, 6.07) is 7.35. The topological polar surface area (TPSA) is 53.2 Å². The van der Waals surface area contributed by atoms with Gasteiger partial charge in [0.1, 0.15) is 11.8 Å². The molecule has 14 heavy (non-hydrogen) atoms. The normalized spacial score (nSPS) is 11.9. The van der Waals surface area contributed by atoms with E-state index in [1.54, 1.807) is 19.1 Å². The van der Waals surface area contributed by atoms with Crippen molar-refractivity contribution in [1.82, 2.24) is 0 Å². The summed E-state index contributed by atoms with van der Waals surface area (Å²) in [7, 11) is 1.53. The van der Waals surface area contributed by atoms with Gasteiger partial charge < -0.3 is 9.84 Å². The summed E-state index contributed by atoms with van der Waals surface area (Å²) >= 11 is 0. The Kier molecular flexibility index (Phi) is 3.49. The van der Waals surface area contributed by atoms with Gasteiger partial charge in [-0.1, -0.05) is 6.07 Å². The zero-order chi connectivity index (χ0) is 10.6. The lowest BCUT2D eigenvalue weighted by Crippen LogP contribution is -2.04. The second-order valence-corrected chi connectivity index (χ2v) is 3.20. The molecule has 0 aliphatic rings. The van der Waals surface area contributed by atoms with Crippen molar-refractivity contribution < 1.29 is 9.84 Å². The van der Waals surface area contributed by atoms with E-state index in [1.807, 2.05) is 12.1 Å². The molecule has 0 bridgehead atoms. The third-order valence-electron chi connectivity index (χ3n) is 1.92. The predicted molar refractivity (Wildman–Crippen MR) is 53.1 cm³/mol. The van der Waals surface area contributed by atoms with Gasteiger partial charge in [-0.3, -0.25) is 0 Å². The minimum Gasteiger partial charge on any atom is -0.495 e. The van der Waals surface area contributed by atoms with Gasteiger partial charge in [0.05, 0.1) is 18.8 Å². The minimum absolute atomic E-state index is 0.382. The molecule has 0 radical (unpaired) electrons. The van der Waals surface area contributed by atoms with E-state index in [4.69, 9.17) is 10.00 Å². The van der Waals surface area contributed by atoms with Gasteiger partial charge in [0, 0.05) is 0 Å². The maximum absolute atomic E-state index is 9.19. The number of hydrogen-bond donors (Lipinski definition) is 1. The first-order valence-electron chi connectivity index (χ1n) is 4.42. The van der Waals surface area contributed by atoms with Crippen molar-refractivity contribution in [3.8, 4) is 11.8 Å². The van der Waals surface area contributed by atoms with Crippen LogP contribution >= 0.6 is 0 Å². The quantitative estimate of drug-likeness (QED) is 0.787. The van der Waals surface area contributed by atoms with Gasteiger partial charge in [0.15, 0.2) is 0 Å². The fraction of sp³-hybridized carbons (Fsp3) is 0.364. The van der Waals surface area contributed by atoms with Crippen LogP contribution < -0.4 is 4.74 Å². The van der Waals surface area contributed by atoms with Crippen molar-refractivity contribution in [2.45, 2.75) is 19.4 Å². The number of rotatable bonds is 3. The third kappa shape index (κ3) is 2.48. The van der Waals surface area contributed by atoms with E-state index < -0.39 is 0 Å². The average molecular weight is 191 g/mol. The first kappa shape index (κ1) is 10.6. The molecule has 0 aromatic heterocycles. The molecule has 0 fully saturated rings. The van der Waals surface area contributed by atoms with E-state index in [0.29, 0.717) is 17.7 Å². The van der Waals surface area contributed by atoms with Crippen molar-refractivity contribution in [3.63, 3.8) is 0 Å². The van der Waals surface area contributed by atoms with Crippen molar-refractivity contribution in [2.24, 2.45) is 0 Å². The van der Waals surface area contributed by atoms with E-state index in [2.05, 4.69) is 0 Å². The molecule has 0 saturated carbocycles. The molecule has 0 aliphatic heterocycles. The summed E-state index contributed by atoms with van der Waals surface area (Å²) in [4.78, 5) is 0. The van der Waals surface area contributed by atoms with E-state index in [9.17, 15) is 5.11 Å². The number of aliphatic hydroxyl groups excluding tert-OH is 1. The van der Waals surface area contributed by atoms with Crippen LogP contribution in [0.2, 0.25) is 0 Å². The van der Waals surface area contributed by atoms with E-state index in [-0.39, 0.29) is 6.10 Å². The SMILES string of the molecule is COc1cc(CC(C)O)ccc1C#N. The fourth-order valence-electron chi connectivity index (χ4n) is 1.30. The highest BCUT2D eigenvalue weighted by molar-refractivity contribution is 5.45. The Morgan fingerprint density at radius 3 is 2.79 bits per heavy atom. The molecule has 0 amide bonds. The first-order chi connectivity index (χ1) is 6.67. The highest BCUT2D eigenvalue weighted by Gasteiger charge is 2.05. The van der Waals surface area contributed by atoms with E-state index in [1.165, 1.54) is 7.11 Å². The Morgan fingerprint density at radius 1 is 1.57 bits per heavy atom. The van der Waals surface area contributed by atoms with Gasteiger partial charge in [0.25, 0.3) is 0 Å². The number of methoxy groups -OCH3 is 1. The van der Waals surface area contributed by atoms with Crippen LogP contribution in [0.1, 0.15) is 18.1 Å². The summed E-state index contributed by atoms with van der Waals surface area (Å²) in [5.74, 6) is 0.561. The second-order valence-electron chi connectivity index (χ2n) is 3.20. The number of hydrogen-bond acceptors (Lipinski definition) is 3. The molecule has 1 rings (SSSR count). The molecule has 1 aromatic rings. The van der Waals surface area contributed by atoms with Gasteiger partial charge in [0.2, 0.25) is 0 Å². The van der Waals surface area contributed by atoms with Crippen molar-refractivity contribution in [3.05, 3.63) is 29.3 Å². The highest BCUT2D eigenvalue weighted by atomic mass is 16.5. The third-order valence-corrected chi connectivity index (χ3v) is 1.92. The lowest BCUT2D eigenvalue weighted by atomic mass is 10.1. The van der Waals surface area contributed by atoms with Crippen LogP contribution in [0.25, 0.3) is 0 Å². The Bertz CT molecular complexity index is 353. The maximum atomic E-state index is 9.19. The molecule has 0 aliphatic carbocycles. The van der Waals surface area contributed by atoms with Crippen molar-refractivity contribution >= 4 is 0 Å². The standard InChI is InChI=1S/C11H13NO2/c1-8(13)5-9-3-4-10(7-12)11(6-9)14-2/h3-4,6,8,13H,5H2,1-2H3. The summed E-state index contributed by atoms with van der Waals surface area (Å²) < 4.78 is 5.05. The Balaban J connectivity index is 2.97. The average Bonchev–Trinajstić information content (AvgIpc) is 2.16. The highest BCUT2D eigenvalue weighted by Crippen LogP contribution is 2.19. The van der Waals surface area contributed by atoms with Crippen molar-refractivity contribution in [2.75, 3.05) is 7.11 Å². The zero-order valence-electron chi connectivity index (χ0n) is 8.32. The zero-order valence-corrected chi connectivity index (χ0v) is 8.32. The lowest BCUT2D eigenvalue weighted by molar-refractivity contribution is 0.195. The van der Waals surface area contributed by atoms with Crippen LogP contribution in [-0.4, -0.2) is 18.3 Å². The molecule has 3 nitrogen and oxygen atoms in total. The van der Waals surface area contributed by atoms with Gasteiger partial charge in [-0.25, -0.2) is 0 Å². The summed E-state index contributed by atoms with van der Waals surface area (Å²) in [6.45, 7) is 1.73. The van der Waals surface area contributed by atoms with Crippen LogP contribution in [0.4, 0.5) is 0 Å². The van der Waals surface area contributed by atoms with Gasteiger partial charge in [-0.05, 0) is 31.0 Å². The van der Waals surface area contributed by atoms with E-state index >= 15 is 0 Å². The minimum atomic E-state index is -0.382. The number of nitriles is 1. The fourth-order valence-corrected chi connectivity index (χ4v) is 1.30. The Morgan fingerprint density at radius 2 is 2.29 bits per heavy atom. The molecular formula is C11H13NO2. The van der Waals surface area contributed by atoms with Crippen LogP contribution in [0, 0.1) is 11.3 Å². The molecule has 0 heterocycles. The molecule has 1 atom stereocenters. The smallest absolute Gasteiger partial charge is 0.136 e. The van der Waals surface area contributed by atoms with Gasteiger partial charge in [-0.15, -0.1) is 0 Å².